The Morgan fingerprint density at radius 3 is 2.26 bits per heavy atom. The molecule has 0 spiro atoms. The van der Waals surface area contributed by atoms with Gasteiger partial charge in [0.05, 0.1) is 10.8 Å². The third-order valence-electron chi connectivity index (χ3n) is 3.82. The number of rotatable bonds is 9. The minimum absolute atomic E-state index is 0.745. The van der Waals surface area contributed by atoms with Gasteiger partial charge in [-0.05, 0) is 54.9 Å². The van der Waals surface area contributed by atoms with E-state index in [0.717, 1.165) is 23.5 Å². The van der Waals surface area contributed by atoms with Crippen molar-refractivity contribution in [2.24, 2.45) is 4.99 Å². The molecule has 0 saturated carbocycles. The lowest BCUT2D eigenvalue weighted by atomic mass is 10.1. The molecule has 2 rings (SSSR count). The van der Waals surface area contributed by atoms with Crippen molar-refractivity contribution in [3.05, 3.63) is 42.2 Å². The summed E-state index contributed by atoms with van der Waals surface area (Å²) in [5, 5.41) is 2.36. The fourth-order valence-electron chi connectivity index (χ4n) is 2.48. The van der Waals surface area contributed by atoms with E-state index in [2.05, 4.69) is 39.3 Å². The molecule has 0 aliphatic rings. The van der Waals surface area contributed by atoms with E-state index >= 15 is 0 Å². The second-order valence-electron chi connectivity index (χ2n) is 5.68. The molecule has 0 amide bonds. The molecule has 0 saturated heterocycles. The zero-order chi connectivity index (χ0) is 16.3. The van der Waals surface area contributed by atoms with Crippen LogP contribution < -0.4 is 0 Å². The average molecular weight is 325 g/mol. The first-order valence-electron chi connectivity index (χ1n) is 8.32. The van der Waals surface area contributed by atoms with Crippen LogP contribution in [-0.2, 0) is 6.42 Å². The molecular weight excluding hydrogens is 302 g/mol. The molecule has 0 aliphatic carbocycles. The van der Waals surface area contributed by atoms with Gasteiger partial charge in [-0.2, -0.15) is 4.99 Å². The smallest absolute Gasteiger partial charge is 0.159 e. The Hall–Kier alpha value is -1.90. The van der Waals surface area contributed by atoms with E-state index in [1.807, 2.05) is 36.7 Å². The van der Waals surface area contributed by atoms with Crippen molar-refractivity contribution in [3.63, 3.8) is 0 Å². The maximum absolute atomic E-state index is 4.60. The minimum Gasteiger partial charge on any atom is -0.236 e. The number of hydrogen-bond acceptors (Lipinski definition) is 4. The number of isothiocyanates is 1. The lowest BCUT2D eigenvalue weighted by Gasteiger charge is -2.04. The number of unbranched alkanes of at least 4 members (excludes halogenated alkanes) is 5. The van der Waals surface area contributed by atoms with E-state index < -0.39 is 0 Å². The largest absolute Gasteiger partial charge is 0.236 e. The van der Waals surface area contributed by atoms with Crippen molar-refractivity contribution in [2.45, 2.75) is 51.9 Å². The maximum Gasteiger partial charge on any atom is 0.159 e. The molecular formula is C19H23N3S. The Morgan fingerprint density at radius 1 is 0.957 bits per heavy atom. The van der Waals surface area contributed by atoms with Gasteiger partial charge in [-0.15, -0.1) is 0 Å². The predicted octanol–water partition coefficient (Wildman–Crippen LogP) is 5.78. The van der Waals surface area contributed by atoms with Crippen LogP contribution in [-0.4, -0.2) is 15.1 Å². The van der Waals surface area contributed by atoms with Crippen LogP contribution in [0.25, 0.3) is 11.4 Å². The Bertz CT molecular complexity index is 629. The normalized spacial score (nSPS) is 10.3. The van der Waals surface area contributed by atoms with E-state index in [4.69, 9.17) is 0 Å². The van der Waals surface area contributed by atoms with Crippen molar-refractivity contribution in [1.29, 1.82) is 0 Å². The molecule has 0 bridgehead atoms. The topological polar surface area (TPSA) is 38.1 Å². The summed E-state index contributed by atoms with van der Waals surface area (Å²) in [4.78, 5) is 12.9. The first-order chi connectivity index (χ1) is 11.3. The van der Waals surface area contributed by atoms with Crippen LogP contribution in [0.5, 0.6) is 0 Å². The van der Waals surface area contributed by atoms with Gasteiger partial charge < -0.3 is 0 Å². The molecule has 1 heterocycles. The summed E-state index contributed by atoms with van der Waals surface area (Å²) in [6, 6.07) is 7.69. The van der Waals surface area contributed by atoms with Gasteiger partial charge in [0.25, 0.3) is 0 Å². The molecule has 0 fully saturated rings. The van der Waals surface area contributed by atoms with Crippen molar-refractivity contribution in [2.75, 3.05) is 0 Å². The monoisotopic (exact) mass is 325 g/mol. The Labute approximate surface area is 143 Å². The summed E-state index contributed by atoms with van der Waals surface area (Å²) in [7, 11) is 0. The second-order valence-corrected chi connectivity index (χ2v) is 5.87. The number of nitrogens with zero attached hydrogens (tertiary/aromatic N) is 3. The van der Waals surface area contributed by atoms with Gasteiger partial charge in [0, 0.05) is 18.0 Å². The summed E-state index contributed by atoms with van der Waals surface area (Å²) >= 11 is 4.60. The highest BCUT2D eigenvalue weighted by Crippen LogP contribution is 2.19. The highest BCUT2D eigenvalue weighted by atomic mass is 32.1. The second kappa shape index (κ2) is 9.98. The highest BCUT2D eigenvalue weighted by molar-refractivity contribution is 7.78. The van der Waals surface area contributed by atoms with Crippen molar-refractivity contribution >= 4 is 23.1 Å². The Kier molecular flexibility index (Phi) is 7.58. The molecule has 4 heteroatoms. The molecule has 0 radical (unpaired) electrons. The van der Waals surface area contributed by atoms with Gasteiger partial charge in [-0.25, -0.2) is 9.97 Å². The third-order valence-corrected chi connectivity index (χ3v) is 3.92. The fraction of sp³-hybridized carbons (Fsp3) is 0.421. The summed E-state index contributed by atoms with van der Waals surface area (Å²) in [5.41, 5.74) is 2.99. The zero-order valence-electron chi connectivity index (χ0n) is 13.7. The molecule has 0 unspecified atom stereocenters. The lowest BCUT2D eigenvalue weighted by Crippen LogP contribution is -1.93. The number of aryl methyl sites for hydroxylation is 1. The van der Waals surface area contributed by atoms with E-state index in [9.17, 15) is 0 Å². The SMILES string of the molecule is CCCCCCCCc1cnc(-c2ccc(N=C=S)cc2)nc1. The summed E-state index contributed by atoms with van der Waals surface area (Å²) < 4.78 is 0. The van der Waals surface area contributed by atoms with Crippen LogP contribution >= 0.6 is 12.2 Å². The van der Waals surface area contributed by atoms with E-state index in [0.29, 0.717) is 0 Å². The van der Waals surface area contributed by atoms with Crippen LogP contribution in [0.2, 0.25) is 0 Å². The summed E-state index contributed by atoms with van der Waals surface area (Å²) in [6.07, 6.45) is 12.8. The van der Waals surface area contributed by atoms with Gasteiger partial charge in [-0.3, -0.25) is 0 Å². The molecule has 0 atom stereocenters. The first kappa shape index (κ1) is 17.5. The third kappa shape index (κ3) is 6.01. The molecule has 3 nitrogen and oxygen atoms in total. The summed E-state index contributed by atoms with van der Waals surface area (Å²) in [6.45, 7) is 2.25. The molecule has 23 heavy (non-hydrogen) atoms. The van der Waals surface area contributed by atoms with Gasteiger partial charge in [0.15, 0.2) is 5.82 Å². The van der Waals surface area contributed by atoms with Gasteiger partial charge in [-0.1, -0.05) is 39.0 Å². The number of hydrogen-bond donors (Lipinski definition) is 0. The Balaban J connectivity index is 1.85. The number of aliphatic imine (C=N–C) groups is 1. The standard InChI is InChI=1S/C19H23N3S/c1-2-3-4-5-6-7-8-16-13-20-19(21-14-16)17-9-11-18(12-10-17)22-15-23/h9-14H,2-8H2,1H3. The molecule has 1 aromatic heterocycles. The first-order valence-corrected chi connectivity index (χ1v) is 8.73. The zero-order valence-corrected chi connectivity index (χ0v) is 14.5. The molecule has 0 aliphatic heterocycles. The van der Waals surface area contributed by atoms with Crippen LogP contribution in [0.1, 0.15) is 51.0 Å². The molecule has 2 aromatic rings. The average Bonchev–Trinajstić information content (AvgIpc) is 2.60. The molecule has 0 N–H and O–H groups in total. The van der Waals surface area contributed by atoms with Crippen molar-refractivity contribution < 1.29 is 0 Å². The quantitative estimate of drug-likeness (QED) is 0.333. The lowest BCUT2D eigenvalue weighted by molar-refractivity contribution is 0.607. The van der Waals surface area contributed by atoms with E-state index in [1.165, 1.54) is 44.1 Å². The van der Waals surface area contributed by atoms with Crippen molar-refractivity contribution in [3.8, 4) is 11.4 Å². The van der Waals surface area contributed by atoms with Crippen LogP contribution in [0.3, 0.4) is 0 Å². The maximum atomic E-state index is 4.60. The van der Waals surface area contributed by atoms with Crippen LogP contribution in [0.15, 0.2) is 41.7 Å². The predicted molar refractivity (Wildman–Crippen MR) is 99.2 cm³/mol. The highest BCUT2D eigenvalue weighted by Gasteiger charge is 2.02. The van der Waals surface area contributed by atoms with E-state index in [1.54, 1.807) is 0 Å². The van der Waals surface area contributed by atoms with E-state index in [-0.39, 0.29) is 0 Å². The number of aromatic nitrogens is 2. The fourth-order valence-corrected chi connectivity index (χ4v) is 2.59. The summed E-state index contributed by atoms with van der Waals surface area (Å²) in [5.74, 6) is 0.745. The van der Waals surface area contributed by atoms with Gasteiger partial charge in [0.2, 0.25) is 0 Å². The number of benzene rings is 1. The number of thiocarbonyl (C=S) groups is 1. The van der Waals surface area contributed by atoms with Crippen LogP contribution in [0.4, 0.5) is 5.69 Å². The molecule has 120 valence electrons. The Morgan fingerprint density at radius 2 is 1.61 bits per heavy atom. The minimum atomic E-state index is 0.745. The van der Waals surface area contributed by atoms with Gasteiger partial charge >= 0.3 is 0 Å². The van der Waals surface area contributed by atoms with Gasteiger partial charge in [0.1, 0.15) is 0 Å². The molecule has 1 aromatic carbocycles. The van der Waals surface area contributed by atoms with Crippen molar-refractivity contribution in [1.82, 2.24) is 9.97 Å². The van der Waals surface area contributed by atoms with Crippen LogP contribution in [0, 0.1) is 0 Å².